The Morgan fingerprint density at radius 3 is 2.39 bits per heavy atom. The number of benzene rings is 1. The Labute approximate surface area is 182 Å². The van der Waals surface area contributed by atoms with Gasteiger partial charge in [0.05, 0.1) is 7.11 Å². The van der Waals surface area contributed by atoms with Gasteiger partial charge in [-0.05, 0) is 32.3 Å². The third kappa shape index (κ3) is 5.75. The molecule has 0 radical (unpaired) electrons. The van der Waals surface area contributed by atoms with Crippen LogP contribution in [-0.4, -0.2) is 36.6 Å². The van der Waals surface area contributed by atoms with Gasteiger partial charge < -0.3 is 10.1 Å². The summed E-state index contributed by atoms with van der Waals surface area (Å²) in [6, 6.07) is 5.74. The number of amides is 1. The first-order valence-corrected chi connectivity index (χ1v) is 10.0. The van der Waals surface area contributed by atoms with Crippen molar-refractivity contribution in [2.75, 3.05) is 7.11 Å². The largest absolute Gasteiger partial charge is 0.467 e. The van der Waals surface area contributed by atoms with Crippen LogP contribution in [-0.2, 0) is 14.3 Å². The van der Waals surface area contributed by atoms with E-state index < -0.39 is 12.0 Å². The Balaban J connectivity index is 2.01. The number of Topliss-reactive ketones (excluding diaryl/α,β-unsaturated/α-hetero) is 2. The Hall–Kier alpha value is -3.54. The van der Waals surface area contributed by atoms with Crippen molar-refractivity contribution >= 4 is 23.4 Å². The van der Waals surface area contributed by atoms with E-state index in [0.717, 1.165) is 0 Å². The van der Waals surface area contributed by atoms with Gasteiger partial charge in [-0.2, -0.15) is 0 Å². The third-order valence-electron chi connectivity index (χ3n) is 5.04. The zero-order valence-electron chi connectivity index (χ0n) is 18.1. The zero-order valence-corrected chi connectivity index (χ0v) is 18.1. The molecule has 6 heteroatoms. The molecule has 162 valence electrons. The molecule has 0 aliphatic heterocycles. The predicted octanol–water partition coefficient (Wildman–Crippen LogP) is 3.90. The van der Waals surface area contributed by atoms with Gasteiger partial charge in [0.15, 0.2) is 17.6 Å². The minimum atomic E-state index is -0.996. The van der Waals surface area contributed by atoms with Gasteiger partial charge in [0.1, 0.15) is 0 Å². The summed E-state index contributed by atoms with van der Waals surface area (Å²) in [6.45, 7) is 7.32. The monoisotopic (exact) mass is 421 g/mol. The Bertz CT molecular complexity index is 997. The summed E-state index contributed by atoms with van der Waals surface area (Å²) in [4.78, 5) is 49.8. The minimum Gasteiger partial charge on any atom is -0.467 e. The SMILES string of the molecule is C=C(/C=C\C=C/C)[C@@H](NC(=O)CCCC1=C(C)C(=O)c2ccccc2C1=O)C(=O)OC. The molecule has 0 saturated carbocycles. The second-order valence-corrected chi connectivity index (χ2v) is 7.14. The zero-order chi connectivity index (χ0) is 23.0. The molecule has 0 saturated heterocycles. The van der Waals surface area contributed by atoms with Gasteiger partial charge in [-0.3, -0.25) is 14.4 Å². The number of esters is 1. The number of carbonyl (C=O) groups excluding carboxylic acids is 4. The molecule has 0 spiro atoms. The van der Waals surface area contributed by atoms with Crippen molar-refractivity contribution in [3.05, 3.63) is 83.0 Å². The Morgan fingerprint density at radius 1 is 1.13 bits per heavy atom. The second-order valence-electron chi connectivity index (χ2n) is 7.14. The number of carbonyl (C=O) groups is 4. The van der Waals surface area contributed by atoms with E-state index in [-0.39, 0.29) is 23.9 Å². The van der Waals surface area contributed by atoms with Crippen molar-refractivity contribution in [2.24, 2.45) is 0 Å². The number of allylic oxidation sites excluding steroid dienone is 5. The maximum absolute atomic E-state index is 12.8. The molecule has 1 aromatic rings. The average Bonchev–Trinajstić information content (AvgIpc) is 2.77. The fourth-order valence-corrected chi connectivity index (χ4v) is 3.32. The lowest BCUT2D eigenvalue weighted by atomic mass is 9.83. The highest BCUT2D eigenvalue weighted by Crippen LogP contribution is 2.28. The molecule has 31 heavy (non-hydrogen) atoms. The maximum Gasteiger partial charge on any atom is 0.333 e. The molecule has 1 aliphatic rings. The number of hydrogen-bond donors (Lipinski definition) is 1. The Kier molecular flexibility index (Phi) is 8.43. The summed E-state index contributed by atoms with van der Waals surface area (Å²) in [6.07, 6.45) is 7.67. The normalized spacial score (nSPS) is 14.7. The summed E-state index contributed by atoms with van der Waals surface area (Å²) in [5, 5.41) is 2.62. The van der Waals surface area contributed by atoms with Crippen molar-refractivity contribution in [1.29, 1.82) is 0 Å². The standard InChI is InChI=1S/C25H27NO5/c1-5-6-7-11-16(2)22(25(30)31-4)26-21(27)15-10-14-18-17(3)23(28)19-12-8-9-13-20(19)24(18)29/h5-9,11-13,22H,2,10,14-15H2,1,3-4H3,(H,26,27)/b6-5-,11-7-/t22-/m1/s1. The number of nitrogens with one attached hydrogen (secondary N) is 1. The first-order chi connectivity index (χ1) is 14.8. The van der Waals surface area contributed by atoms with Crippen LogP contribution in [0.1, 0.15) is 53.8 Å². The summed E-state index contributed by atoms with van der Waals surface area (Å²) in [5.74, 6) is -1.33. The van der Waals surface area contributed by atoms with Crippen molar-refractivity contribution in [1.82, 2.24) is 5.32 Å². The molecular formula is C25H27NO5. The van der Waals surface area contributed by atoms with E-state index in [1.54, 1.807) is 49.4 Å². The van der Waals surface area contributed by atoms with Crippen molar-refractivity contribution in [3.63, 3.8) is 0 Å². The summed E-state index contributed by atoms with van der Waals surface area (Å²) < 4.78 is 4.76. The highest BCUT2D eigenvalue weighted by Gasteiger charge is 2.29. The molecule has 0 bridgehead atoms. The fraction of sp³-hybridized carbons (Fsp3) is 0.280. The molecule has 1 aliphatic carbocycles. The van der Waals surface area contributed by atoms with E-state index in [1.165, 1.54) is 7.11 Å². The highest BCUT2D eigenvalue weighted by atomic mass is 16.5. The van der Waals surface area contributed by atoms with E-state index >= 15 is 0 Å². The van der Waals surface area contributed by atoms with Gasteiger partial charge in [-0.25, -0.2) is 4.79 Å². The maximum atomic E-state index is 12.8. The summed E-state index contributed by atoms with van der Waals surface area (Å²) in [5.41, 5.74) is 2.05. The molecule has 0 heterocycles. The quantitative estimate of drug-likeness (QED) is 0.482. The molecule has 6 nitrogen and oxygen atoms in total. The summed E-state index contributed by atoms with van der Waals surface area (Å²) >= 11 is 0. The van der Waals surface area contributed by atoms with Crippen LogP contribution >= 0.6 is 0 Å². The van der Waals surface area contributed by atoms with E-state index in [0.29, 0.717) is 40.7 Å². The molecule has 0 unspecified atom stereocenters. The lowest BCUT2D eigenvalue weighted by molar-refractivity contribution is -0.143. The van der Waals surface area contributed by atoms with Crippen molar-refractivity contribution in [3.8, 4) is 0 Å². The van der Waals surface area contributed by atoms with Crippen LogP contribution < -0.4 is 5.32 Å². The average molecular weight is 421 g/mol. The first-order valence-electron chi connectivity index (χ1n) is 10.0. The molecule has 1 atom stereocenters. The number of fused-ring (bicyclic) bond motifs is 1. The van der Waals surface area contributed by atoms with Crippen LogP contribution in [0.15, 0.2) is 71.9 Å². The lowest BCUT2D eigenvalue weighted by Gasteiger charge is -2.19. The van der Waals surface area contributed by atoms with Gasteiger partial charge in [-0.1, -0.05) is 55.1 Å². The lowest BCUT2D eigenvalue weighted by Crippen LogP contribution is -2.42. The predicted molar refractivity (Wildman–Crippen MR) is 119 cm³/mol. The van der Waals surface area contributed by atoms with Crippen molar-refractivity contribution < 1.29 is 23.9 Å². The van der Waals surface area contributed by atoms with Gasteiger partial charge in [0, 0.05) is 28.7 Å². The van der Waals surface area contributed by atoms with E-state index in [4.69, 9.17) is 4.74 Å². The third-order valence-corrected chi connectivity index (χ3v) is 5.04. The van der Waals surface area contributed by atoms with E-state index in [1.807, 2.05) is 13.0 Å². The van der Waals surface area contributed by atoms with Gasteiger partial charge in [0.2, 0.25) is 5.91 Å². The topological polar surface area (TPSA) is 89.5 Å². The van der Waals surface area contributed by atoms with Gasteiger partial charge in [-0.15, -0.1) is 0 Å². The number of rotatable bonds is 9. The molecule has 2 rings (SSSR count). The molecule has 1 amide bonds. The smallest absolute Gasteiger partial charge is 0.333 e. The van der Waals surface area contributed by atoms with Gasteiger partial charge >= 0.3 is 5.97 Å². The number of ether oxygens (including phenoxy) is 1. The molecule has 1 N–H and O–H groups in total. The fourth-order valence-electron chi connectivity index (χ4n) is 3.32. The highest BCUT2D eigenvalue weighted by molar-refractivity contribution is 6.26. The molecule has 0 fully saturated rings. The number of hydrogen-bond acceptors (Lipinski definition) is 5. The van der Waals surface area contributed by atoms with E-state index in [2.05, 4.69) is 11.9 Å². The minimum absolute atomic E-state index is 0.0826. The first kappa shape index (κ1) is 23.7. The van der Waals surface area contributed by atoms with E-state index in [9.17, 15) is 19.2 Å². The van der Waals surface area contributed by atoms with Crippen LogP contribution in [0.5, 0.6) is 0 Å². The van der Waals surface area contributed by atoms with Crippen LogP contribution in [0.4, 0.5) is 0 Å². The van der Waals surface area contributed by atoms with Gasteiger partial charge in [0.25, 0.3) is 0 Å². The van der Waals surface area contributed by atoms with Crippen molar-refractivity contribution in [2.45, 2.75) is 39.2 Å². The second kappa shape index (κ2) is 11.0. The van der Waals surface area contributed by atoms with Crippen LogP contribution in [0.3, 0.4) is 0 Å². The Morgan fingerprint density at radius 2 is 1.77 bits per heavy atom. The molecule has 1 aromatic carbocycles. The van der Waals surface area contributed by atoms with Crippen LogP contribution in [0.25, 0.3) is 0 Å². The summed E-state index contributed by atoms with van der Waals surface area (Å²) in [7, 11) is 1.24. The van der Waals surface area contributed by atoms with Crippen LogP contribution in [0.2, 0.25) is 0 Å². The van der Waals surface area contributed by atoms with Crippen LogP contribution in [0, 0.1) is 0 Å². The number of methoxy groups -OCH3 is 1. The molecular weight excluding hydrogens is 394 g/mol. The molecule has 0 aromatic heterocycles. The number of ketones is 2.